The van der Waals surface area contributed by atoms with Gasteiger partial charge in [-0.1, -0.05) is 0 Å². The molecule has 0 aliphatic heterocycles. The Morgan fingerprint density at radius 3 is 0.667 bits per heavy atom. The molecule has 6 heavy (non-hydrogen) atoms. The summed E-state index contributed by atoms with van der Waals surface area (Å²) in [6.07, 6.45) is 0. The van der Waals surface area contributed by atoms with E-state index in [1.807, 2.05) is 0 Å². The maximum absolute atomic E-state index is 0. The van der Waals surface area contributed by atoms with E-state index in [2.05, 4.69) is 0 Å². The minimum absolute atomic E-state index is 0. The van der Waals surface area contributed by atoms with Gasteiger partial charge in [0.25, 0.3) is 0 Å². The van der Waals surface area contributed by atoms with Gasteiger partial charge in [0.2, 0.25) is 0 Å². The first-order valence-corrected chi connectivity index (χ1v) is 0. The average Bonchev–Trinajstić information content (AvgIpc) is 0. The Hall–Kier alpha value is 2.17. The molecule has 0 amide bonds. The van der Waals surface area contributed by atoms with Crippen molar-refractivity contribution in [1.82, 2.24) is 0 Å². The maximum Gasteiger partial charge on any atom is 2.00 e. The van der Waals surface area contributed by atoms with Crippen molar-refractivity contribution in [3.8, 4) is 0 Å². The summed E-state index contributed by atoms with van der Waals surface area (Å²) in [5.41, 5.74) is 0. The Kier molecular flexibility index (Phi) is 865. The van der Waals surface area contributed by atoms with Crippen LogP contribution < -0.4 is 0 Å². The summed E-state index contributed by atoms with van der Waals surface area (Å²) >= 11 is 0. The van der Waals surface area contributed by atoms with Gasteiger partial charge < -0.3 is 16.4 Å². The molecule has 0 aliphatic carbocycles. The second-order valence-corrected chi connectivity index (χ2v) is 0. The third-order valence-corrected chi connectivity index (χ3v) is 0. The van der Waals surface area contributed by atoms with Crippen LogP contribution in [0, 0.1) is 0 Å². The molecule has 0 unspecified atom stereocenters. The fourth-order valence-electron chi connectivity index (χ4n) is 0. The molecule has 1 radical (unpaired) electrons. The normalized spacial score (nSPS) is 0. The van der Waals surface area contributed by atoms with E-state index in [0.29, 0.717) is 0 Å². The van der Waals surface area contributed by atoms with Gasteiger partial charge in [0, 0.05) is 0 Å². The Morgan fingerprint density at radius 2 is 0.667 bits per heavy atom. The maximum atomic E-state index is 0. The summed E-state index contributed by atoms with van der Waals surface area (Å²) < 4.78 is 0. The minimum Gasteiger partial charge on any atom is -2.00 e. The molecule has 0 bridgehead atoms. The molecule has 0 aromatic rings. The second-order valence-electron chi connectivity index (χ2n) is 0. The van der Waals surface area contributed by atoms with Crippen LogP contribution in [0.25, 0.3) is 0 Å². The van der Waals surface area contributed by atoms with Crippen LogP contribution in [0.2, 0.25) is 0 Å². The van der Waals surface area contributed by atoms with E-state index < -0.39 is 0 Å². The largest absolute Gasteiger partial charge is 2.00 e. The quantitative estimate of drug-likeness (QED) is 0.464. The molecule has 0 rings (SSSR count). The molecule has 0 fully saturated rings. The fraction of sp³-hybridized carbons (Fsp3) is 0. The molecular formula is CaCoFeO3. The molecular weight excluding hydrogens is 203 g/mol. The zero-order chi connectivity index (χ0) is 0. The van der Waals surface area contributed by atoms with Crippen LogP contribution in [0.3, 0.4) is 0 Å². The second kappa shape index (κ2) is 58.1. The van der Waals surface area contributed by atoms with Gasteiger partial charge in [-0.05, 0) is 0 Å². The summed E-state index contributed by atoms with van der Waals surface area (Å²) in [6.45, 7) is 0. The number of rotatable bonds is 0. The van der Waals surface area contributed by atoms with Crippen molar-refractivity contribution in [2.24, 2.45) is 0 Å². The van der Waals surface area contributed by atoms with Crippen molar-refractivity contribution < 1.29 is 50.3 Å². The van der Waals surface area contributed by atoms with Gasteiger partial charge in [0.05, 0.1) is 0 Å². The SMILES string of the molecule is [Ca+2].[Co+2].[Fe+2].[O-2].[O-2].[O-2]. The van der Waals surface area contributed by atoms with Gasteiger partial charge in [0.15, 0.2) is 0 Å². The van der Waals surface area contributed by atoms with E-state index in [-0.39, 0.29) is 88.0 Å². The van der Waals surface area contributed by atoms with E-state index in [0.717, 1.165) is 0 Å². The molecule has 3 nitrogen and oxygen atoms in total. The predicted molar refractivity (Wildman–Crippen MR) is 7.81 cm³/mol. The van der Waals surface area contributed by atoms with Gasteiger partial charge >= 0.3 is 71.6 Å². The van der Waals surface area contributed by atoms with Gasteiger partial charge in [0.1, 0.15) is 0 Å². The molecule has 0 N–H and O–H groups in total. The average molecular weight is 203 g/mol. The monoisotopic (exact) mass is 203 g/mol. The first-order valence-electron chi connectivity index (χ1n) is 0. The van der Waals surface area contributed by atoms with Gasteiger partial charge in [-0.15, -0.1) is 0 Å². The first kappa shape index (κ1) is 89.4. The van der Waals surface area contributed by atoms with Gasteiger partial charge in [-0.25, -0.2) is 0 Å². The fourth-order valence-corrected chi connectivity index (χ4v) is 0. The molecule has 0 heterocycles. The van der Waals surface area contributed by atoms with Crippen molar-refractivity contribution in [3.63, 3.8) is 0 Å². The summed E-state index contributed by atoms with van der Waals surface area (Å²) in [4.78, 5) is 0. The topological polar surface area (TPSA) is 85.5 Å². The van der Waals surface area contributed by atoms with Crippen LogP contribution in [0.4, 0.5) is 0 Å². The zero-order valence-corrected chi connectivity index (χ0v) is 6.97. The smallest absolute Gasteiger partial charge is 2.00 e. The van der Waals surface area contributed by atoms with Crippen LogP contribution in [0.1, 0.15) is 0 Å². The Bertz CT molecular complexity index is 10.8. The van der Waals surface area contributed by atoms with Crippen LogP contribution in [0.5, 0.6) is 0 Å². The minimum atomic E-state index is 0. The van der Waals surface area contributed by atoms with Crippen LogP contribution in [-0.2, 0) is 50.3 Å². The van der Waals surface area contributed by atoms with E-state index in [1.165, 1.54) is 0 Å². The standard InChI is InChI=1S/Ca.Co.Fe.3O/q3*+2;3*-2. The van der Waals surface area contributed by atoms with Crippen LogP contribution >= 0.6 is 0 Å². The van der Waals surface area contributed by atoms with Crippen LogP contribution in [0.15, 0.2) is 0 Å². The van der Waals surface area contributed by atoms with Crippen LogP contribution in [-0.4, -0.2) is 37.7 Å². The molecule has 0 saturated carbocycles. The van der Waals surface area contributed by atoms with E-state index in [1.54, 1.807) is 0 Å². The third-order valence-electron chi connectivity index (χ3n) is 0. The summed E-state index contributed by atoms with van der Waals surface area (Å²) in [6, 6.07) is 0. The zero-order valence-electron chi connectivity index (χ0n) is 2.62. The molecule has 0 saturated heterocycles. The Morgan fingerprint density at radius 1 is 0.667 bits per heavy atom. The Labute approximate surface area is 86.8 Å². The number of hydrogen-bond donors (Lipinski definition) is 0. The summed E-state index contributed by atoms with van der Waals surface area (Å²) in [5.74, 6) is 0. The summed E-state index contributed by atoms with van der Waals surface area (Å²) in [5, 5.41) is 0. The van der Waals surface area contributed by atoms with Crippen molar-refractivity contribution in [2.75, 3.05) is 0 Å². The van der Waals surface area contributed by atoms with Crippen molar-refractivity contribution in [2.45, 2.75) is 0 Å². The van der Waals surface area contributed by atoms with Crippen molar-refractivity contribution >= 4 is 37.7 Å². The first-order chi connectivity index (χ1) is 0. The Balaban J connectivity index is 0. The molecule has 0 aromatic carbocycles. The van der Waals surface area contributed by atoms with Gasteiger partial charge in [-0.2, -0.15) is 0 Å². The van der Waals surface area contributed by atoms with E-state index >= 15 is 0 Å². The van der Waals surface area contributed by atoms with Crippen molar-refractivity contribution in [1.29, 1.82) is 0 Å². The van der Waals surface area contributed by atoms with Crippen molar-refractivity contribution in [3.05, 3.63) is 0 Å². The molecule has 37 valence electrons. The molecule has 0 aliphatic rings. The predicted octanol–water partition coefficient (Wildman–Crippen LogP) is -0.742. The molecule has 0 aromatic heterocycles. The number of hydrogen-bond acceptors (Lipinski definition) is 0. The third kappa shape index (κ3) is 35.1. The summed E-state index contributed by atoms with van der Waals surface area (Å²) in [7, 11) is 0. The van der Waals surface area contributed by atoms with E-state index in [9.17, 15) is 0 Å². The van der Waals surface area contributed by atoms with Gasteiger partial charge in [-0.3, -0.25) is 0 Å². The molecule has 0 spiro atoms. The molecule has 6 heteroatoms. The molecule has 0 atom stereocenters. The van der Waals surface area contributed by atoms with E-state index in [4.69, 9.17) is 0 Å².